The van der Waals surface area contributed by atoms with Crippen LogP contribution in [0, 0.1) is 23.2 Å². The number of carboxylic acids is 1. The fraction of sp³-hybridized carbons (Fsp3) is 0.808. The minimum absolute atomic E-state index is 0.0299. The third-order valence-corrected chi connectivity index (χ3v) is 7.27. The van der Waals surface area contributed by atoms with E-state index in [2.05, 4.69) is 19.2 Å². The van der Waals surface area contributed by atoms with Gasteiger partial charge in [-0.3, -0.25) is 9.59 Å². The number of hydrogen-bond acceptors (Lipinski definition) is 3. The molecule has 0 heterocycles. The zero-order chi connectivity index (χ0) is 25.2. The number of carboxylic acid groups (broad SMARTS) is 1. The number of nitrogens with one attached hydrogen (secondary N) is 1. The summed E-state index contributed by atoms with van der Waals surface area (Å²) in [6.07, 6.45) is 5.65. The van der Waals surface area contributed by atoms with E-state index in [4.69, 9.17) is 0 Å². The van der Waals surface area contributed by atoms with E-state index < -0.39 is 17.4 Å². The van der Waals surface area contributed by atoms with Gasteiger partial charge in [0.05, 0.1) is 6.04 Å². The molecule has 0 bridgehead atoms. The average molecular weight is 453 g/mol. The summed E-state index contributed by atoms with van der Waals surface area (Å²) in [6.45, 7) is 17.9. The minimum Gasteiger partial charge on any atom is -0.478 e. The lowest BCUT2D eigenvalue weighted by Gasteiger charge is -2.38. The number of aliphatic carboxylic acids is 1. The third kappa shape index (κ3) is 7.93. The van der Waals surface area contributed by atoms with Crippen molar-refractivity contribution in [3.8, 4) is 0 Å². The lowest BCUT2D eigenvalue weighted by atomic mass is 9.73. The third-order valence-electron chi connectivity index (χ3n) is 7.27. The lowest BCUT2D eigenvalue weighted by Crippen LogP contribution is -2.56. The van der Waals surface area contributed by atoms with Crippen molar-refractivity contribution >= 4 is 17.8 Å². The molecule has 2 amide bonds. The van der Waals surface area contributed by atoms with Crippen LogP contribution in [-0.2, 0) is 14.4 Å². The van der Waals surface area contributed by atoms with Crippen molar-refractivity contribution < 1.29 is 19.5 Å². The summed E-state index contributed by atoms with van der Waals surface area (Å²) in [7, 11) is 1.70. The molecule has 0 saturated heterocycles. The van der Waals surface area contributed by atoms with Crippen molar-refractivity contribution in [1.29, 1.82) is 0 Å². The van der Waals surface area contributed by atoms with Crippen LogP contribution in [0.2, 0.25) is 0 Å². The van der Waals surface area contributed by atoms with E-state index in [1.54, 1.807) is 18.0 Å². The highest BCUT2D eigenvalue weighted by molar-refractivity contribution is 5.91. The molecule has 0 fully saturated rings. The summed E-state index contributed by atoms with van der Waals surface area (Å²) in [5.41, 5.74) is -0.283. The van der Waals surface area contributed by atoms with Crippen LogP contribution in [0.25, 0.3) is 0 Å². The van der Waals surface area contributed by atoms with Gasteiger partial charge in [-0.1, -0.05) is 74.3 Å². The molecule has 6 heteroatoms. The molecule has 2 N–H and O–H groups in total. The Morgan fingerprint density at radius 2 is 1.53 bits per heavy atom. The summed E-state index contributed by atoms with van der Waals surface area (Å²) in [5, 5.41) is 12.4. The van der Waals surface area contributed by atoms with Gasteiger partial charge in [-0.25, -0.2) is 4.79 Å². The van der Waals surface area contributed by atoms with E-state index in [9.17, 15) is 19.5 Å². The van der Waals surface area contributed by atoms with E-state index in [0.29, 0.717) is 5.92 Å². The predicted octanol–water partition coefficient (Wildman–Crippen LogP) is 5.27. The maximum Gasteiger partial charge on any atom is 0.331 e. The monoisotopic (exact) mass is 452 g/mol. The molecule has 1 unspecified atom stereocenters. The summed E-state index contributed by atoms with van der Waals surface area (Å²) in [4.78, 5) is 40.1. The van der Waals surface area contributed by atoms with Crippen LogP contribution >= 0.6 is 0 Å². The van der Waals surface area contributed by atoms with Gasteiger partial charge in [0.2, 0.25) is 11.8 Å². The first-order valence-corrected chi connectivity index (χ1v) is 12.3. The zero-order valence-electron chi connectivity index (χ0n) is 22.1. The van der Waals surface area contributed by atoms with Gasteiger partial charge in [-0.2, -0.15) is 0 Å². The second kappa shape index (κ2) is 13.6. The van der Waals surface area contributed by atoms with Crippen molar-refractivity contribution in [2.75, 3.05) is 7.05 Å². The lowest BCUT2D eigenvalue weighted by molar-refractivity contribution is -0.142. The van der Waals surface area contributed by atoms with Crippen LogP contribution in [0.15, 0.2) is 11.6 Å². The Labute approximate surface area is 196 Å². The Balaban J connectivity index is 6.00. The molecule has 0 aliphatic carbocycles. The van der Waals surface area contributed by atoms with E-state index >= 15 is 0 Å². The maximum atomic E-state index is 13.6. The van der Waals surface area contributed by atoms with E-state index in [1.165, 1.54) is 6.92 Å². The number of rotatable bonds is 14. The largest absolute Gasteiger partial charge is 0.478 e. The number of likely N-dealkylation sites (N-methyl/N-ethyl adjacent to an activating group) is 1. The minimum atomic E-state index is -0.996. The number of carbonyl (C=O) groups is 3. The molecule has 0 aromatic rings. The van der Waals surface area contributed by atoms with Crippen molar-refractivity contribution in [3.05, 3.63) is 11.6 Å². The molecule has 32 heavy (non-hydrogen) atoms. The van der Waals surface area contributed by atoms with Crippen LogP contribution in [0.1, 0.15) is 94.4 Å². The fourth-order valence-corrected chi connectivity index (χ4v) is 4.19. The molecule has 0 radical (unpaired) electrons. The molecular formula is C26H48N2O4. The highest BCUT2D eigenvalue weighted by Gasteiger charge is 2.40. The van der Waals surface area contributed by atoms with Crippen LogP contribution < -0.4 is 5.32 Å². The number of hydrogen-bond donors (Lipinski definition) is 2. The normalized spacial score (nSPS) is 16.3. The SMILES string of the molecule is CCC(C)CC(CC)(CC)C(=O)N[C@H](C(=O)N(C)[C@H](/C=C(\C)C(=O)O)C(C)C)[C@@H](C)CC. The highest BCUT2D eigenvalue weighted by Crippen LogP contribution is 2.36. The van der Waals surface area contributed by atoms with Crippen LogP contribution in [0.4, 0.5) is 0 Å². The Morgan fingerprint density at radius 3 is 1.91 bits per heavy atom. The van der Waals surface area contributed by atoms with Crippen LogP contribution in [-0.4, -0.2) is 46.9 Å². The molecule has 186 valence electrons. The summed E-state index contributed by atoms with van der Waals surface area (Å²) >= 11 is 0. The van der Waals surface area contributed by atoms with Gasteiger partial charge in [0.15, 0.2) is 0 Å². The van der Waals surface area contributed by atoms with Crippen LogP contribution in [0.5, 0.6) is 0 Å². The molecule has 0 aliphatic rings. The van der Waals surface area contributed by atoms with Gasteiger partial charge in [0.25, 0.3) is 0 Å². The van der Waals surface area contributed by atoms with E-state index in [-0.39, 0.29) is 35.3 Å². The fourth-order valence-electron chi connectivity index (χ4n) is 4.19. The molecule has 0 aliphatic heterocycles. The van der Waals surface area contributed by atoms with Crippen LogP contribution in [0.3, 0.4) is 0 Å². The molecule has 0 spiro atoms. The second-order valence-corrected chi connectivity index (χ2v) is 9.88. The first kappa shape index (κ1) is 30.1. The quantitative estimate of drug-likeness (QED) is 0.351. The smallest absolute Gasteiger partial charge is 0.331 e. The molecule has 0 aromatic heterocycles. The van der Waals surface area contributed by atoms with Gasteiger partial charge >= 0.3 is 5.97 Å². The van der Waals surface area contributed by atoms with Gasteiger partial charge < -0.3 is 15.3 Å². The Morgan fingerprint density at radius 1 is 1.00 bits per heavy atom. The second-order valence-electron chi connectivity index (χ2n) is 9.88. The average Bonchev–Trinajstić information content (AvgIpc) is 2.76. The van der Waals surface area contributed by atoms with E-state index in [0.717, 1.165) is 32.1 Å². The van der Waals surface area contributed by atoms with E-state index in [1.807, 2.05) is 41.5 Å². The Hall–Kier alpha value is -1.85. The van der Waals surface area contributed by atoms with Gasteiger partial charge in [-0.15, -0.1) is 0 Å². The summed E-state index contributed by atoms with van der Waals surface area (Å²) in [5.74, 6) is -0.804. The first-order valence-electron chi connectivity index (χ1n) is 12.3. The Bertz CT molecular complexity index is 652. The highest BCUT2D eigenvalue weighted by atomic mass is 16.4. The van der Waals surface area contributed by atoms with Gasteiger partial charge in [0.1, 0.15) is 6.04 Å². The van der Waals surface area contributed by atoms with Crippen molar-refractivity contribution in [1.82, 2.24) is 10.2 Å². The molecule has 0 aromatic carbocycles. The molecular weight excluding hydrogens is 404 g/mol. The maximum absolute atomic E-state index is 13.6. The number of nitrogens with zero attached hydrogens (tertiary/aromatic N) is 1. The molecule has 0 saturated carbocycles. The molecule has 4 atom stereocenters. The van der Waals surface area contributed by atoms with Gasteiger partial charge in [-0.05, 0) is 43.9 Å². The summed E-state index contributed by atoms with van der Waals surface area (Å²) in [6, 6.07) is -1.02. The Kier molecular flexibility index (Phi) is 12.9. The zero-order valence-corrected chi connectivity index (χ0v) is 22.1. The number of amides is 2. The van der Waals surface area contributed by atoms with Gasteiger partial charge in [0, 0.05) is 18.0 Å². The predicted molar refractivity (Wildman–Crippen MR) is 131 cm³/mol. The number of carbonyl (C=O) groups excluding carboxylic acids is 2. The molecule has 6 nitrogen and oxygen atoms in total. The topological polar surface area (TPSA) is 86.7 Å². The standard InChI is InChI=1S/C26H48N2O4/c1-11-18(7)16-26(13-3,14-4)25(32)27-22(19(8)12-2)23(29)28(10)21(17(5)6)15-20(9)24(30)31/h15,17-19,21-22H,11-14,16H2,1-10H3,(H,27,32)(H,30,31)/b20-15+/t18?,19-,21+,22-/m0/s1. The van der Waals surface area contributed by atoms with Crippen molar-refractivity contribution in [2.24, 2.45) is 23.2 Å². The van der Waals surface area contributed by atoms with Crippen molar-refractivity contribution in [3.63, 3.8) is 0 Å². The first-order chi connectivity index (χ1) is 14.8. The van der Waals surface area contributed by atoms with Crippen molar-refractivity contribution in [2.45, 2.75) is 107 Å². The summed E-state index contributed by atoms with van der Waals surface area (Å²) < 4.78 is 0. The molecule has 0 rings (SSSR count).